The lowest BCUT2D eigenvalue weighted by Crippen LogP contribution is -2.60. The maximum Gasteiger partial charge on any atom is 0.249 e. The maximum absolute atomic E-state index is 13.2. The van der Waals surface area contributed by atoms with E-state index < -0.39 is 74.2 Å². The van der Waals surface area contributed by atoms with Crippen LogP contribution in [0.15, 0.2) is 48.6 Å². The summed E-state index contributed by atoms with van der Waals surface area (Å²) in [5.74, 6) is -0.717. The Labute approximate surface area is 440 Å². The minimum atomic E-state index is -1.68. The Morgan fingerprint density at radius 2 is 0.833 bits per heavy atom. The van der Waals surface area contributed by atoms with Gasteiger partial charge in [-0.15, -0.1) is 0 Å². The highest BCUT2D eigenvalue weighted by molar-refractivity contribution is 5.80. The number of rotatable bonds is 51. The molecule has 9 atom stereocenters. The molecule has 0 bridgehead atoms. The van der Waals surface area contributed by atoms with Gasteiger partial charge in [-0.05, 0) is 89.9 Å². The number of amides is 1. The van der Waals surface area contributed by atoms with Crippen molar-refractivity contribution in [3.63, 3.8) is 0 Å². The number of ether oxygens (including phenoxy) is 2. The van der Waals surface area contributed by atoms with Crippen LogP contribution in [0.4, 0.5) is 0 Å². The summed E-state index contributed by atoms with van der Waals surface area (Å²) in [4.78, 5) is 13.2. The second-order valence-electron chi connectivity index (χ2n) is 21.0. The van der Waals surface area contributed by atoms with Crippen molar-refractivity contribution in [2.45, 2.75) is 319 Å². The zero-order valence-corrected chi connectivity index (χ0v) is 46.2. The number of hydrogen-bond acceptors (Lipinski definition) is 10. The summed E-state index contributed by atoms with van der Waals surface area (Å²) >= 11 is 0. The second kappa shape index (κ2) is 49.9. The molecular formula is C61H113NO10. The predicted octanol–water partition coefficient (Wildman–Crippen LogP) is 12.8. The summed E-state index contributed by atoms with van der Waals surface area (Å²) in [5.41, 5.74) is 0. The SMILES string of the molecule is CCCCCCCC/C=C\CCCCCCCCC(O)C(=O)NC(COC1OC(CO)C(O)C(O)C1O)C(O)C(O)CCC/C=C/CC/C=C/CC/C=C/CCCCCCCCCCCCCCCCCC. The van der Waals surface area contributed by atoms with E-state index in [4.69, 9.17) is 9.47 Å². The van der Waals surface area contributed by atoms with Gasteiger partial charge in [0.2, 0.25) is 5.91 Å². The number of unbranched alkanes of at least 4 members (excludes halogenated alkanes) is 31. The van der Waals surface area contributed by atoms with E-state index in [2.05, 4.69) is 67.8 Å². The third kappa shape index (κ3) is 37.7. The largest absolute Gasteiger partial charge is 0.394 e. The van der Waals surface area contributed by atoms with E-state index in [1.165, 1.54) is 154 Å². The van der Waals surface area contributed by atoms with E-state index in [1.54, 1.807) is 0 Å². The molecule has 0 aromatic heterocycles. The number of aliphatic hydroxyl groups excluding tert-OH is 7. The van der Waals surface area contributed by atoms with Gasteiger partial charge in [0.1, 0.15) is 36.6 Å². The average Bonchev–Trinajstić information content (AvgIpc) is 3.38. The number of allylic oxidation sites excluding steroid dienone is 8. The molecule has 11 heteroatoms. The molecule has 0 spiro atoms. The van der Waals surface area contributed by atoms with Gasteiger partial charge in [0, 0.05) is 0 Å². The lowest BCUT2D eigenvalue weighted by Gasteiger charge is -2.40. The van der Waals surface area contributed by atoms with Crippen molar-refractivity contribution in [3.8, 4) is 0 Å². The van der Waals surface area contributed by atoms with Crippen molar-refractivity contribution in [1.82, 2.24) is 5.32 Å². The van der Waals surface area contributed by atoms with Crippen LogP contribution in [0.2, 0.25) is 0 Å². The van der Waals surface area contributed by atoms with Crippen molar-refractivity contribution in [2.75, 3.05) is 13.2 Å². The minimum Gasteiger partial charge on any atom is -0.394 e. The Hall–Kier alpha value is -1.93. The molecule has 8 N–H and O–H groups in total. The Morgan fingerprint density at radius 1 is 0.472 bits per heavy atom. The zero-order valence-electron chi connectivity index (χ0n) is 46.2. The zero-order chi connectivity index (χ0) is 52.5. The molecule has 72 heavy (non-hydrogen) atoms. The third-order valence-corrected chi connectivity index (χ3v) is 14.3. The Kier molecular flexibility index (Phi) is 47.2. The van der Waals surface area contributed by atoms with Gasteiger partial charge in [-0.2, -0.15) is 0 Å². The van der Waals surface area contributed by atoms with Gasteiger partial charge in [0.05, 0.1) is 25.4 Å². The summed E-state index contributed by atoms with van der Waals surface area (Å²) < 4.78 is 11.1. The highest BCUT2D eigenvalue weighted by Crippen LogP contribution is 2.23. The Morgan fingerprint density at radius 3 is 1.24 bits per heavy atom. The van der Waals surface area contributed by atoms with E-state index in [-0.39, 0.29) is 12.8 Å². The lowest BCUT2D eigenvalue weighted by atomic mass is 9.98. The fourth-order valence-corrected chi connectivity index (χ4v) is 9.41. The lowest BCUT2D eigenvalue weighted by molar-refractivity contribution is -0.303. The molecule has 11 nitrogen and oxygen atoms in total. The fraction of sp³-hybridized carbons (Fsp3) is 0.852. The van der Waals surface area contributed by atoms with E-state index in [9.17, 15) is 40.5 Å². The number of carbonyl (C=O) groups excluding carboxylic acids is 1. The molecule has 422 valence electrons. The topological polar surface area (TPSA) is 189 Å². The van der Waals surface area contributed by atoms with Gasteiger partial charge in [-0.3, -0.25) is 4.79 Å². The first kappa shape index (κ1) is 68.1. The normalized spacial score (nSPS) is 20.4. The van der Waals surface area contributed by atoms with Crippen LogP contribution in [-0.2, 0) is 14.3 Å². The number of hydrogen-bond donors (Lipinski definition) is 8. The van der Waals surface area contributed by atoms with Crippen LogP contribution in [0.3, 0.4) is 0 Å². The second-order valence-corrected chi connectivity index (χ2v) is 21.0. The van der Waals surface area contributed by atoms with Gasteiger partial charge in [-0.1, -0.05) is 223 Å². The summed E-state index contributed by atoms with van der Waals surface area (Å²) in [6.07, 6.45) is 51.8. The van der Waals surface area contributed by atoms with Crippen molar-refractivity contribution >= 4 is 5.91 Å². The molecular weight excluding hydrogens is 907 g/mol. The molecule has 1 saturated heterocycles. The predicted molar refractivity (Wildman–Crippen MR) is 298 cm³/mol. The Bertz CT molecular complexity index is 1310. The van der Waals surface area contributed by atoms with E-state index in [0.29, 0.717) is 19.3 Å². The van der Waals surface area contributed by atoms with Crippen molar-refractivity contribution in [1.29, 1.82) is 0 Å². The van der Waals surface area contributed by atoms with Crippen molar-refractivity contribution in [3.05, 3.63) is 48.6 Å². The summed E-state index contributed by atoms with van der Waals surface area (Å²) in [6.45, 7) is 3.44. The first-order valence-electron chi connectivity index (χ1n) is 30.0. The average molecular weight is 1020 g/mol. The number of aliphatic hydroxyl groups is 7. The van der Waals surface area contributed by atoms with Gasteiger partial charge in [0.15, 0.2) is 6.29 Å². The van der Waals surface area contributed by atoms with E-state index in [1.807, 2.05) is 0 Å². The van der Waals surface area contributed by atoms with Crippen LogP contribution >= 0.6 is 0 Å². The van der Waals surface area contributed by atoms with Crippen LogP contribution in [0.1, 0.15) is 264 Å². The van der Waals surface area contributed by atoms with E-state index in [0.717, 1.165) is 64.2 Å². The van der Waals surface area contributed by atoms with Crippen LogP contribution in [-0.4, -0.2) is 110 Å². The van der Waals surface area contributed by atoms with Crippen LogP contribution in [0, 0.1) is 0 Å². The molecule has 0 saturated carbocycles. The minimum absolute atomic E-state index is 0.239. The fourth-order valence-electron chi connectivity index (χ4n) is 9.41. The Balaban J connectivity index is 2.32. The monoisotopic (exact) mass is 1020 g/mol. The quantitative estimate of drug-likeness (QED) is 0.0215. The molecule has 0 aromatic carbocycles. The first-order chi connectivity index (χ1) is 35.2. The molecule has 0 radical (unpaired) electrons. The standard InChI is InChI=1S/C61H113NO10/c1-3-5-7-9-11-13-15-17-19-21-22-23-24-25-26-27-28-29-30-31-32-33-35-36-38-40-42-44-46-48-53(64)56(66)52(51-71-61-59(69)58(68)57(67)55(50-63)72-61)62-60(70)54(65)49-47-45-43-41-39-37-34-20-18-16-14-12-10-8-6-4-2/h18,20,29-30,33,35,40,42,52-59,61,63-69H,3-17,19,21-28,31-32,34,36-39,41,43-51H2,1-2H3,(H,62,70)/b20-18-,30-29+,35-33+,42-40+. The molecule has 1 aliphatic rings. The maximum atomic E-state index is 13.2. The highest BCUT2D eigenvalue weighted by atomic mass is 16.7. The van der Waals surface area contributed by atoms with Crippen LogP contribution in [0.5, 0.6) is 0 Å². The number of nitrogens with one attached hydrogen (secondary N) is 1. The van der Waals surface area contributed by atoms with Gasteiger partial charge >= 0.3 is 0 Å². The van der Waals surface area contributed by atoms with E-state index >= 15 is 0 Å². The highest BCUT2D eigenvalue weighted by Gasteiger charge is 2.44. The third-order valence-electron chi connectivity index (χ3n) is 14.3. The van der Waals surface area contributed by atoms with Gasteiger partial charge < -0.3 is 50.5 Å². The number of carbonyl (C=O) groups is 1. The molecule has 1 rings (SSSR count). The van der Waals surface area contributed by atoms with Gasteiger partial charge in [0.25, 0.3) is 0 Å². The summed E-state index contributed by atoms with van der Waals surface area (Å²) in [6, 6.07) is -1.20. The smallest absolute Gasteiger partial charge is 0.249 e. The first-order valence-corrected chi connectivity index (χ1v) is 30.0. The summed E-state index contributed by atoms with van der Waals surface area (Å²) in [5, 5.41) is 76.1. The van der Waals surface area contributed by atoms with Crippen LogP contribution in [0.25, 0.3) is 0 Å². The van der Waals surface area contributed by atoms with Gasteiger partial charge in [-0.25, -0.2) is 0 Å². The van der Waals surface area contributed by atoms with Crippen molar-refractivity contribution in [2.24, 2.45) is 0 Å². The molecule has 0 aromatic rings. The summed E-state index contributed by atoms with van der Waals surface area (Å²) in [7, 11) is 0. The molecule has 1 amide bonds. The molecule has 1 heterocycles. The molecule has 1 fully saturated rings. The molecule has 0 aliphatic carbocycles. The van der Waals surface area contributed by atoms with Crippen molar-refractivity contribution < 1.29 is 50.0 Å². The van der Waals surface area contributed by atoms with Crippen LogP contribution < -0.4 is 5.32 Å². The molecule has 9 unspecified atom stereocenters. The molecule has 1 aliphatic heterocycles.